The zero-order valence-electron chi connectivity index (χ0n) is 10.1. The van der Waals surface area contributed by atoms with E-state index in [1.54, 1.807) is 4.68 Å². The second-order valence-corrected chi connectivity index (χ2v) is 5.34. The van der Waals surface area contributed by atoms with Crippen molar-refractivity contribution in [3.8, 4) is 0 Å². The van der Waals surface area contributed by atoms with Crippen molar-refractivity contribution in [2.45, 2.75) is 19.5 Å². The maximum atomic E-state index is 6.26. The molecule has 1 aliphatic heterocycles. The molecule has 0 radical (unpaired) electrons. The van der Waals surface area contributed by atoms with E-state index in [2.05, 4.69) is 25.9 Å². The number of ether oxygens (including phenoxy) is 1. The summed E-state index contributed by atoms with van der Waals surface area (Å²) in [6, 6.07) is 0.416. The van der Waals surface area contributed by atoms with E-state index in [4.69, 9.17) is 16.3 Å². The van der Waals surface area contributed by atoms with Crippen LogP contribution in [0.5, 0.6) is 0 Å². The monoisotopic (exact) mass is 321 g/mol. The lowest BCUT2D eigenvalue weighted by molar-refractivity contribution is -0.00220. The van der Waals surface area contributed by atoms with Gasteiger partial charge in [0.25, 0.3) is 0 Å². The second-order valence-electron chi connectivity index (χ2n) is 4.33. The summed E-state index contributed by atoms with van der Waals surface area (Å²) in [5, 5.41) is 6.00. The minimum atomic E-state index is 0.416. The van der Waals surface area contributed by atoms with E-state index in [1.807, 2.05) is 14.0 Å². The van der Waals surface area contributed by atoms with Crippen molar-refractivity contribution < 1.29 is 4.74 Å². The van der Waals surface area contributed by atoms with Crippen molar-refractivity contribution in [2.75, 3.05) is 25.1 Å². The molecule has 0 spiro atoms. The summed E-state index contributed by atoms with van der Waals surface area (Å²) in [6.07, 6.45) is 0. The molecule has 6 heteroatoms. The molecule has 1 unspecified atom stereocenters. The zero-order valence-corrected chi connectivity index (χ0v) is 12.5. The maximum absolute atomic E-state index is 6.26. The van der Waals surface area contributed by atoms with Crippen molar-refractivity contribution in [2.24, 2.45) is 7.05 Å². The summed E-state index contributed by atoms with van der Waals surface area (Å²) >= 11 is 9.79. The Morgan fingerprint density at radius 2 is 2.35 bits per heavy atom. The van der Waals surface area contributed by atoms with Crippen molar-refractivity contribution in [3.05, 3.63) is 16.4 Å². The molecule has 0 N–H and O–H groups in total. The molecule has 96 valence electrons. The highest BCUT2D eigenvalue weighted by Gasteiger charge is 2.24. The highest BCUT2D eigenvalue weighted by Crippen LogP contribution is 2.22. The fraction of sp³-hybridized carbons (Fsp3) is 0.727. The van der Waals surface area contributed by atoms with Gasteiger partial charge in [0.2, 0.25) is 0 Å². The third-order valence-corrected chi connectivity index (χ3v) is 4.38. The minimum absolute atomic E-state index is 0.416. The van der Waals surface area contributed by atoms with E-state index in [0.29, 0.717) is 6.04 Å². The first-order valence-electron chi connectivity index (χ1n) is 5.69. The summed E-state index contributed by atoms with van der Waals surface area (Å²) in [7, 11) is 1.88. The van der Waals surface area contributed by atoms with E-state index >= 15 is 0 Å². The molecule has 1 aromatic heterocycles. The van der Waals surface area contributed by atoms with Gasteiger partial charge in [0, 0.05) is 37.1 Å². The Balaban J connectivity index is 2.13. The van der Waals surface area contributed by atoms with Crippen LogP contribution in [-0.2, 0) is 18.3 Å². The molecule has 4 nitrogen and oxygen atoms in total. The van der Waals surface area contributed by atoms with Gasteiger partial charge in [-0.05, 0) is 6.92 Å². The standard InChI is InChI=1S/C11H17BrClN3O/c1-8-10(11(13)15(2)14-8)6-16-3-4-17-7-9(16)5-12/h9H,3-7H2,1-2H3. The van der Waals surface area contributed by atoms with Gasteiger partial charge in [-0.15, -0.1) is 0 Å². The third-order valence-electron chi connectivity index (χ3n) is 3.16. The fourth-order valence-corrected chi connectivity index (χ4v) is 2.93. The molecular weight excluding hydrogens is 305 g/mol. The van der Waals surface area contributed by atoms with Crippen molar-refractivity contribution >= 4 is 27.5 Å². The summed E-state index contributed by atoms with van der Waals surface area (Å²) in [6.45, 7) is 5.37. The fourth-order valence-electron chi connectivity index (χ4n) is 2.10. The number of rotatable bonds is 3. The number of aromatic nitrogens is 2. The van der Waals surface area contributed by atoms with Gasteiger partial charge in [0.1, 0.15) is 5.15 Å². The Kier molecular flexibility index (Phi) is 4.47. The molecule has 0 bridgehead atoms. The first-order valence-corrected chi connectivity index (χ1v) is 7.19. The van der Waals surface area contributed by atoms with Gasteiger partial charge >= 0.3 is 0 Å². The second kappa shape index (κ2) is 5.69. The zero-order chi connectivity index (χ0) is 12.4. The summed E-state index contributed by atoms with van der Waals surface area (Å²) in [5.74, 6) is 0. The first kappa shape index (κ1) is 13.3. The molecule has 2 heterocycles. The molecule has 1 saturated heterocycles. The van der Waals surface area contributed by atoms with E-state index in [9.17, 15) is 0 Å². The molecular formula is C11H17BrClN3O. The molecule has 1 atom stereocenters. The van der Waals surface area contributed by atoms with E-state index < -0.39 is 0 Å². The molecule has 0 aromatic carbocycles. The number of nitrogens with zero attached hydrogens (tertiary/aromatic N) is 3. The number of alkyl halides is 1. The number of hydrogen-bond donors (Lipinski definition) is 0. The Hall–Kier alpha value is -0.100. The predicted molar refractivity (Wildman–Crippen MR) is 71.8 cm³/mol. The van der Waals surface area contributed by atoms with Crippen molar-refractivity contribution in [1.82, 2.24) is 14.7 Å². The van der Waals surface area contributed by atoms with Gasteiger partial charge in [-0.25, -0.2) is 0 Å². The number of morpholine rings is 1. The number of aryl methyl sites for hydroxylation is 2. The number of hydrogen-bond acceptors (Lipinski definition) is 3. The van der Waals surface area contributed by atoms with Crippen LogP contribution in [0.2, 0.25) is 5.15 Å². The molecule has 1 fully saturated rings. The van der Waals surface area contributed by atoms with Gasteiger partial charge < -0.3 is 4.74 Å². The first-order chi connectivity index (χ1) is 8.13. The van der Waals surface area contributed by atoms with Crippen molar-refractivity contribution in [3.63, 3.8) is 0 Å². The quantitative estimate of drug-likeness (QED) is 0.797. The molecule has 2 rings (SSSR count). The van der Waals surface area contributed by atoms with Gasteiger partial charge in [-0.2, -0.15) is 5.10 Å². The summed E-state index contributed by atoms with van der Waals surface area (Å²) in [4.78, 5) is 2.40. The Morgan fingerprint density at radius 3 is 2.94 bits per heavy atom. The van der Waals surface area contributed by atoms with Gasteiger partial charge in [0.15, 0.2) is 0 Å². The summed E-state index contributed by atoms with van der Waals surface area (Å²) < 4.78 is 7.21. The highest BCUT2D eigenvalue weighted by molar-refractivity contribution is 9.09. The predicted octanol–water partition coefficient (Wildman–Crippen LogP) is 1.98. The normalized spacial score (nSPS) is 22.0. The Morgan fingerprint density at radius 1 is 1.59 bits per heavy atom. The Labute approximate surface area is 115 Å². The maximum Gasteiger partial charge on any atom is 0.131 e. The average molecular weight is 323 g/mol. The summed E-state index contributed by atoms with van der Waals surface area (Å²) in [5.41, 5.74) is 2.14. The van der Waals surface area contributed by atoms with Crippen LogP contribution in [0.25, 0.3) is 0 Å². The van der Waals surface area contributed by atoms with Gasteiger partial charge in [0.05, 0.1) is 18.9 Å². The van der Waals surface area contributed by atoms with Crippen LogP contribution in [-0.4, -0.2) is 45.8 Å². The van der Waals surface area contributed by atoms with Crippen LogP contribution in [0.3, 0.4) is 0 Å². The molecule has 0 amide bonds. The SMILES string of the molecule is Cc1nn(C)c(Cl)c1CN1CCOCC1CBr. The van der Waals surface area contributed by atoms with Crippen LogP contribution < -0.4 is 0 Å². The van der Waals surface area contributed by atoms with Crippen LogP contribution in [0.1, 0.15) is 11.3 Å². The lowest BCUT2D eigenvalue weighted by atomic mass is 10.2. The van der Waals surface area contributed by atoms with E-state index in [0.717, 1.165) is 48.0 Å². The molecule has 0 aliphatic carbocycles. The minimum Gasteiger partial charge on any atom is -0.378 e. The molecule has 1 aliphatic rings. The Bertz CT molecular complexity index is 396. The van der Waals surface area contributed by atoms with Crippen LogP contribution in [0, 0.1) is 6.92 Å². The average Bonchev–Trinajstić information content (AvgIpc) is 2.57. The topological polar surface area (TPSA) is 30.3 Å². The smallest absolute Gasteiger partial charge is 0.131 e. The van der Waals surface area contributed by atoms with Crippen molar-refractivity contribution in [1.29, 1.82) is 0 Å². The highest BCUT2D eigenvalue weighted by atomic mass is 79.9. The lowest BCUT2D eigenvalue weighted by Gasteiger charge is -2.34. The third kappa shape index (κ3) is 2.84. The van der Waals surface area contributed by atoms with Crippen LogP contribution in [0.4, 0.5) is 0 Å². The van der Waals surface area contributed by atoms with Gasteiger partial charge in [-0.3, -0.25) is 9.58 Å². The molecule has 1 aromatic rings. The van der Waals surface area contributed by atoms with Crippen LogP contribution in [0.15, 0.2) is 0 Å². The largest absolute Gasteiger partial charge is 0.378 e. The molecule has 0 saturated carbocycles. The van der Waals surface area contributed by atoms with Crippen LogP contribution >= 0.6 is 27.5 Å². The van der Waals surface area contributed by atoms with E-state index in [1.165, 1.54) is 0 Å². The van der Waals surface area contributed by atoms with Gasteiger partial charge in [-0.1, -0.05) is 27.5 Å². The number of halogens is 2. The van der Waals surface area contributed by atoms with E-state index in [-0.39, 0.29) is 0 Å². The lowest BCUT2D eigenvalue weighted by Crippen LogP contribution is -2.45. The molecule has 17 heavy (non-hydrogen) atoms.